The molecule has 0 aliphatic carbocycles. The minimum absolute atomic E-state index is 0.353. The summed E-state index contributed by atoms with van der Waals surface area (Å²) in [5, 5.41) is 9.63. The van der Waals surface area contributed by atoms with Crippen LogP contribution in [0.15, 0.2) is 35.5 Å². The lowest BCUT2D eigenvalue weighted by Gasteiger charge is -2.12. The highest BCUT2D eigenvalue weighted by molar-refractivity contribution is 7.99. The number of rotatable bonds is 5. The predicted molar refractivity (Wildman–Crippen MR) is 74.5 cm³/mol. The van der Waals surface area contributed by atoms with Crippen molar-refractivity contribution in [3.8, 4) is 0 Å². The average Bonchev–Trinajstić information content (AvgIpc) is 2.73. The maximum Gasteiger partial charge on any atom is 0.191 e. The van der Waals surface area contributed by atoms with E-state index in [-0.39, 0.29) is 0 Å². The summed E-state index contributed by atoms with van der Waals surface area (Å²) < 4.78 is 2.07. The van der Waals surface area contributed by atoms with E-state index in [1.807, 2.05) is 13.0 Å². The van der Waals surface area contributed by atoms with Crippen LogP contribution in [0.4, 0.5) is 0 Å². The van der Waals surface area contributed by atoms with E-state index in [2.05, 4.69) is 46.0 Å². The van der Waals surface area contributed by atoms with Gasteiger partial charge in [0.2, 0.25) is 0 Å². The maximum absolute atomic E-state index is 5.61. The summed E-state index contributed by atoms with van der Waals surface area (Å²) in [7, 11) is 0. The van der Waals surface area contributed by atoms with Crippen LogP contribution in [0.3, 0.4) is 0 Å². The number of nitrogens with two attached hydrogens (primary N) is 1. The molecule has 0 aliphatic heterocycles. The first-order chi connectivity index (χ1) is 8.72. The third kappa shape index (κ3) is 2.91. The first-order valence-electron chi connectivity index (χ1n) is 6.04. The van der Waals surface area contributed by atoms with Crippen molar-refractivity contribution < 1.29 is 0 Å². The molecule has 1 unspecified atom stereocenters. The maximum atomic E-state index is 5.61. The summed E-state index contributed by atoms with van der Waals surface area (Å²) in [5.74, 6) is 0.920. The summed E-state index contributed by atoms with van der Waals surface area (Å²) in [6.45, 7) is 5.51. The molecule has 1 aromatic carbocycles. The zero-order chi connectivity index (χ0) is 13.0. The van der Waals surface area contributed by atoms with Gasteiger partial charge in [0.25, 0.3) is 0 Å². The van der Waals surface area contributed by atoms with Crippen molar-refractivity contribution in [3.63, 3.8) is 0 Å². The van der Waals surface area contributed by atoms with E-state index in [1.54, 1.807) is 11.8 Å². The highest BCUT2D eigenvalue weighted by Gasteiger charge is 2.13. The molecule has 0 saturated carbocycles. The minimum atomic E-state index is 0.353. The van der Waals surface area contributed by atoms with Crippen LogP contribution in [-0.4, -0.2) is 21.3 Å². The van der Waals surface area contributed by atoms with Crippen LogP contribution >= 0.6 is 11.8 Å². The number of hydrogen-bond acceptors (Lipinski definition) is 4. The summed E-state index contributed by atoms with van der Waals surface area (Å²) in [6, 6.07) is 10.4. The highest BCUT2D eigenvalue weighted by Crippen LogP contribution is 2.33. The van der Waals surface area contributed by atoms with Crippen LogP contribution < -0.4 is 5.73 Å². The molecule has 18 heavy (non-hydrogen) atoms. The molecule has 0 aliphatic rings. The van der Waals surface area contributed by atoms with Crippen molar-refractivity contribution in [3.05, 3.63) is 41.7 Å². The van der Waals surface area contributed by atoms with Crippen molar-refractivity contribution in [2.24, 2.45) is 5.73 Å². The topological polar surface area (TPSA) is 56.7 Å². The van der Waals surface area contributed by atoms with Gasteiger partial charge in [-0.2, -0.15) is 0 Å². The van der Waals surface area contributed by atoms with Crippen LogP contribution in [0.5, 0.6) is 0 Å². The molecule has 2 aromatic rings. The first-order valence-corrected chi connectivity index (χ1v) is 6.92. The first kappa shape index (κ1) is 13.1. The molecule has 96 valence electrons. The number of nitrogens with zero attached hydrogens (tertiary/aromatic N) is 3. The van der Waals surface area contributed by atoms with E-state index in [9.17, 15) is 0 Å². The Bertz CT molecular complexity index is 495. The van der Waals surface area contributed by atoms with E-state index in [0.717, 1.165) is 17.5 Å². The molecule has 0 amide bonds. The smallest absolute Gasteiger partial charge is 0.191 e. The number of hydrogen-bond donors (Lipinski definition) is 1. The number of aryl methyl sites for hydroxylation is 1. The fourth-order valence-electron chi connectivity index (χ4n) is 1.79. The van der Waals surface area contributed by atoms with Crippen molar-refractivity contribution in [1.29, 1.82) is 0 Å². The standard InChI is InChI=1S/C13H18N4S/c1-10(12-6-4-3-5-7-12)18-13-16-15-11(2)17(13)9-8-14/h3-7,10H,8-9,14H2,1-2H3. The van der Waals surface area contributed by atoms with Crippen molar-refractivity contribution >= 4 is 11.8 Å². The molecule has 1 atom stereocenters. The molecule has 2 N–H and O–H groups in total. The Kier molecular flexibility index (Phi) is 4.38. The summed E-state index contributed by atoms with van der Waals surface area (Å²) >= 11 is 1.72. The van der Waals surface area contributed by atoms with Gasteiger partial charge in [0.05, 0.1) is 0 Å². The summed E-state index contributed by atoms with van der Waals surface area (Å²) in [5.41, 5.74) is 6.91. The Balaban J connectivity index is 2.14. The van der Waals surface area contributed by atoms with Gasteiger partial charge < -0.3 is 10.3 Å². The lowest BCUT2D eigenvalue weighted by molar-refractivity contribution is 0.626. The zero-order valence-electron chi connectivity index (χ0n) is 10.7. The van der Waals surface area contributed by atoms with E-state index in [1.165, 1.54) is 5.56 Å². The average molecular weight is 262 g/mol. The third-order valence-electron chi connectivity index (χ3n) is 2.81. The largest absolute Gasteiger partial charge is 0.329 e. The SMILES string of the molecule is Cc1nnc(SC(C)c2ccccc2)n1CCN. The molecule has 0 spiro atoms. The molecule has 0 fully saturated rings. The third-order valence-corrected chi connectivity index (χ3v) is 3.94. The molecule has 4 nitrogen and oxygen atoms in total. The molecule has 0 bridgehead atoms. The normalized spacial score (nSPS) is 12.6. The van der Waals surface area contributed by atoms with Crippen LogP contribution in [0.1, 0.15) is 23.6 Å². The Labute approximate surface area is 112 Å². The van der Waals surface area contributed by atoms with E-state index < -0.39 is 0 Å². The van der Waals surface area contributed by atoms with Crippen molar-refractivity contribution in [2.75, 3.05) is 6.54 Å². The second kappa shape index (κ2) is 6.02. The second-order valence-electron chi connectivity index (χ2n) is 4.14. The lowest BCUT2D eigenvalue weighted by Crippen LogP contribution is -2.12. The van der Waals surface area contributed by atoms with Gasteiger partial charge in [0, 0.05) is 18.3 Å². The Morgan fingerprint density at radius 1 is 1.28 bits per heavy atom. The fourth-order valence-corrected chi connectivity index (χ4v) is 2.83. The molecular weight excluding hydrogens is 244 g/mol. The van der Waals surface area contributed by atoms with Gasteiger partial charge >= 0.3 is 0 Å². The summed E-state index contributed by atoms with van der Waals surface area (Å²) in [4.78, 5) is 0. The zero-order valence-corrected chi connectivity index (χ0v) is 11.5. The second-order valence-corrected chi connectivity index (χ2v) is 5.45. The number of thioether (sulfide) groups is 1. The molecule has 0 radical (unpaired) electrons. The van der Waals surface area contributed by atoms with Gasteiger partial charge in [-0.05, 0) is 19.4 Å². The van der Waals surface area contributed by atoms with Gasteiger partial charge in [0.15, 0.2) is 5.16 Å². The van der Waals surface area contributed by atoms with Crippen LogP contribution in [-0.2, 0) is 6.54 Å². The Hall–Kier alpha value is -1.33. The quantitative estimate of drug-likeness (QED) is 0.841. The van der Waals surface area contributed by atoms with Crippen molar-refractivity contribution in [2.45, 2.75) is 30.8 Å². The van der Waals surface area contributed by atoms with Crippen molar-refractivity contribution in [1.82, 2.24) is 14.8 Å². The van der Waals surface area contributed by atoms with E-state index in [4.69, 9.17) is 5.73 Å². The van der Waals surface area contributed by atoms with E-state index >= 15 is 0 Å². The van der Waals surface area contributed by atoms with Crippen LogP contribution in [0, 0.1) is 6.92 Å². The molecule has 2 rings (SSSR count). The molecule has 5 heteroatoms. The lowest BCUT2D eigenvalue weighted by atomic mass is 10.2. The highest BCUT2D eigenvalue weighted by atomic mass is 32.2. The molecular formula is C13H18N4S. The number of aromatic nitrogens is 3. The fraction of sp³-hybridized carbons (Fsp3) is 0.385. The molecule has 1 aromatic heterocycles. The minimum Gasteiger partial charge on any atom is -0.329 e. The monoisotopic (exact) mass is 262 g/mol. The number of benzene rings is 1. The molecule has 1 heterocycles. The van der Waals surface area contributed by atoms with Gasteiger partial charge in [0.1, 0.15) is 5.82 Å². The molecule has 0 saturated heterocycles. The van der Waals surface area contributed by atoms with Crippen LogP contribution in [0.25, 0.3) is 0 Å². The van der Waals surface area contributed by atoms with Gasteiger partial charge in [-0.1, -0.05) is 42.1 Å². The summed E-state index contributed by atoms with van der Waals surface area (Å²) in [6.07, 6.45) is 0. The predicted octanol–water partition coefficient (Wildman–Crippen LogP) is 2.40. The van der Waals surface area contributed by atoms with E-state index in [0.29, 0.717) is 11.8 Å². The Morgan fingerprint density at radius 2 is 2.00 bits per heavy atom. The van der Waals surface area contributed by atoms with Gasteiger partial charge in [-0.25, -0.2) is 0 Å². The Morgan fingerprint density at radius 3 is 2.67 bits per heavy atom. The van der Waals surface area contributed by atoms with Gasteiger partial charge in [-0.3, -0.25) is 0 Å². The van der Waals surface area contributed by atoms with Crippen LogP contribution in [0.2, 0.25) is 0 Å². The van der Waals surface area contributed by atoms with Gasteiger partial charge in [-0.15, -0.1) is 10.2 Å².